The second-order valence-corrected chi connectivity index (χ2v) is 9.49. The van der Waals surface area contributed by atoms with Crippen molar-refractivity contribution in [2.75, 3.05) is 0 Å². The Balaban J connectivity index is 1.77. The molecule has 1 heterocycles. The predicted molar refractivity (Wildman–Crippen MR) is 171 cm³/mol. The number of benzene rings is 5. The van der Waals surface area contributed by atoms with E-state index in [-0.39, 0.29) is 0 Å². The summed E-state index contributed by atoms with van der Waals surface area (Å²) < 4.78 is 6.55. The van der Waals surface area contributed by atoms with Crippen molar-refractivity contribution in [1.29, 1.82) is 0 Å². The average molecular weight is 501 g/mol. The van der Waals surface area contributed by atoms with Crippen LogP contribution in [0, 0.1) is 0 Å². The van der Waals surface area contributed by atoms with Gasteiger partial charge in [-0.3, -0.25) is 0 Å². The summed E-state index contributed by atoms with van der Waals surface area (Å²) in [6.45, 7) is 16.2. The summed E-state index contributed by atoms with van der Waals surface area (Å²) in [4.78, 5) is 0. The first-order valence-electron chi connectivity index (χ1n) is 13.0. The topological polar surface area (TPSA) is 13.1 Å². The Morgan fingerprint density at radius 1 is 0.667 bits per heavy atom. The van der Waals surface area contributed by atoms with Gasteiger partial charge in [0, 0.05) is 16.3 Å². The zero-order chi connectivity index (χ0) is 26.9. The summed E-state index contributed by atoms with van der Waals surface area (Å²) in [6.07, 6.45) is 11.3. The first kappa shape index (κ1) is 24.2. The summed E-state index contributed by atoms with van der Waals surface area (Å²) in [6, 6.07) is 29.8. The SMILES string of the molecule is C=C/C=C\C(=C)c1c2ccccc2c(-c2cccc3oc4c(/C(C=C)=C/C=C)cccc4c23)c2ccccc12. The van der Waals surface area contributed by atoms with Crippen molar-refractivity contribution in [3.05, 3.63) is 159 Å². The van der Waals surface area contributed by atoms with Crippen molar-refractivity contribution in [1.82, 2.24) is 0 Å². The highest BCUT2D eigenvalue weighted by Crippen LogP contribution is 2.46. The molecule has 186 valence electrons. The Morgan fingerprint density at radius 3 is 1.95 bits per heavy atom. The lowest BCUT2D eigenvalue weighted by molar-refractivity contribution is 0.668. The van der Waals surface area contributed by atoms with Gasteiger partial charge in [-0.2, -0.15) is 0 Å². The molecule has 0 saturated heterocycles. The van der Waals surface area contributed by atoms with Crippen molar-refractivity contribution < 1.29 is 4.42 Å². The highest BCUT2D eigenvalue weighted by molar-refractivity contribution is 6.24. The summed E-state index contributed by atoms with van der Waals surface area (Å²) in [5, 5.41) is 6.86. The lowest BCUT2D eigenvalue weighted by Crippen LogP contribution is -1.92. The molecule has 0 aliphatic carbocycles. The second kappa shape index (κ2) is 9.96. The van der Waals surface area contributed by atoms with Crippen molar-refractivity contribution >= 4 is 54.6 Å². The number of para-hydroxylation sites is 1. The smallest absolute Gasteiger partial charge is 0.143 e. The number of fused-ring (bicyclic) bond motifs is 5. The molecule has 0 unspecified atom stereocenters. The Morgan fingerprint density at radius 2 is 1.31 bits per heavy atom. The van der Waals surface area contributed by atoms with Crippen LogP contribution >= 0.6 is 0 Å². The highest BCUT2D eigenvalue weighted by Gasteiger charge is 2.20. The van der Waals surface area contributed by atoms with Crippen LogP contribution in [0.15, 0.2) is 152 Å². The van der Waals surface area contributed by atoms with E-state index in [9.17, 15) is 0 Å². The van der Waals surface area contributed by atoms with Crippen LogP contribution in [0.25, 0.3) is 65.8 Å². The van der Waals surface area contributed by atoms with Crippen molar-refractivity contribution in [2.45, 2.75) is 0 Å². The van der Waals surface area contributed by atoms with Gasteiger partial charge in [0.05, 0.1) is 0 Å². The Bertz CT molecular complexity index is 1970. The van der Waals surface area contributed by atoms with Crippen molar-refractivity contribution in [2.24, 2.45) is 0 Å². The molecular weight excluding hydrogens is 472 g/mol. The minimum Gasteiger partial charge on any atom is -0.455 e. The number of hydrogen-bond acceptors (Lipinski definition) is 1. The molecule has 0 bridgehead atoms. The first-order chi connectivity index (χ1) is 19.2. The minimum absolute atomic E-state index is 0.848. The molecule has 6 rings (SSSR count). The lowest BCUT2D eigenvalue weighted by atomic mass is 9.85. The average Bonchev–Trinajstić information content (AvgIpc) is 3.37. The molecular formula is C38H28O. The van der Waals surface area contributed by atoms with Gasteiger partial charge < -0.3 is 4.42 Å². The van der Waals surface area contributed by atoms with Crippen LogP contribution < -0.4 is 0 Å². The number of hydrogen-bond donors (Lipinski definition) is 0. The van der Waals surface area contributed by atoms with Crippen molar-refractivity contribution in [3.8, 4) is 11.1 Å². The maximum Gasteiger partial charge on any atom is 0.143 e. The molecule has 5 aromatic carbocycles. The third-order valence-electron chi connectivity index (χ3n) is 7.31. The van der Waals surface area contributed by atoms with E-state index in [1.165, 1.54) is 27.1 Å². The summed E-state index contributed by atoms with van der Waals surface area (Å²) in [7, 11) is 0. The molecule has 1 nitrogen and oxygen atoms in total. The molecule has 0 amide bonds. The maximum absolute atomic E-state index is 6.55. The summed E-state index contributed by atoms with van der Waals surface area (Å²) in [5.74, 6) is 0. The lowest BCUT2D eigenvalue weighted by Gasteiger charge is -2.18. The van der Waals surface area contributed by atoms with Crippen LogP contribution in [0.1, 0.15) is 11.1 Å². The standard InChI is InChI=1S/C38H28O/c1-5-8-16-25(4)35-28-17-9-11-19-30(28)36(31-20-12-10-18-29(31)35)32-22-14-24-34-37(32)33-23-13-21-27(38(33)39-34)26(7-3)15-6-2/h5-24H,1-4H2/b16-8-,26-15+. The van der Waals surface area contributed by atoms with E-state index in [1.807, 2.05) is 30.4 Å². The van der Waals surface area contributed by atoms with Crippen LogP contribution in [0.4, 0.5) is 0 Å². The highest BCUT2D eigenvalue weighted by atomic mass is 16.3. The molecule has 0 radical (unpaired) electrons. The third kappa shape index (κ3) is 3.88. The number of allylic oxidation sites excluding steroid dienone is 8. The summed E-state index contributed by atoms with van der Waals surface area (Å²) >= 11 is 0. The van der Waals surface area contributed by atoms with Gasteiger partial charge in [-0.15, -0.1) is 0 Å². The van der Waals surface area contributed by atoms with E-state index in [0.717, 1.165) is 49.8 Å². The normalized spacial score (nSPS) is 12.1. The zero-order valence-corrected chi connectivity index (χ0v) is 21.8. The quantitative estimate of drug-likeness (QED) is 0.157. The molecule has 0 saturated carbocycles. The monoisotopic (exact) mass is 500 g/mol. The van der Waals surface area contributed by atoms with E-state index >= 15 is 0 Å². The van der Waals surface area contributed by atoms with Gasteiger partial charge in [0.25, 0.3) is 0 Å². The molecule has 39 heavy (non-hydrogen) atoms. The van der Waals surface area contributed by atoms with Crippen LogP contribution in [-0.2, 0) is 0 Å². The van der Waals surface area contributed by atoms with E-state index in [1.54, 1.807) is 12.2 Å². The second-order valence-electron chi connectivity index (χ2n) is 9.49. The molecule has 1 aromatic heterocycles. The molecule has 6 aromatic rings. The number of furan rings is 1. The molecule has 0 spiro atoms. The molecule has 0 fully saturated rings. The predicted octanol–water partition coefficient (Wildman–Crippen LogP) is 11.1. The minimum atomic E-state index is 0.848. The number of rotatable bonds is 7. The van der Waals surface area contributed by atoms with E-state index in [4.69, 9.17) is 4.42 Å². The molecule has 1 heteroatoms. The largest absolute Gasteiger partial charge is 0.455 e. The van der Waals surface area contributed by atoms with E-state index in [0.29, 0.717) is 0 Å². The van der Waals surface area contributed by atoms with Crippen LogP contribution in [0.3, 0.4) is 0 Å². The Hall–Kier alpha value is -5.14. The summed E-state index contributed by atoms with van der Waals surface area (Å²) in [5.41, 5.74) is 8.10. The van der Waals surface area contributed by atoms with Gasteiger partial charge in [-0.1, -0.05) is 142 Å². The van der Waals surface area contributed by atoms with Crippen LogP contribution in [0.5, 0.6) is 0 Å². The Labute approximate surface area is 228 Å². The molecule has 0 aliphatic heterocycles. The third-order valence-corrected chi connectivity index (χ3v) is 7.31. The fourth-order valence-corrected chi connectivity index (χ4v) is 5.71. The maximum atomic E-state index is 6.55. The van der Waals surface area contributed by atoms with Gasteiger partial charge in [0.15, 0.2) is 0 Å². The Kier molecular flexibility index (Phi) is 6.19. The first-order valence-corrected chi connectivity index (χ1v) is 13.0. The van der Waals surface area contributed by atoms with Gasteiger partial charge in [0.2, 0.25) is 0 Å². The molecule has 0 aliphatic rings. The van der Waals surface area contributed by atoms with Gasteiger partial charge in [0.1, 0.15) is 11.2 Å². The van der Waals surface area contributed by atoms with Gasteiger partial charge >= 0.3 is 0 Å². The molecule has 0 N–H and O–H groups in total. The van der Waals surface area contributed by atoms with Gasteiger partial charge in [-0.25, -0.2) is 0 Å². The van der Waals surface area contributed by atoms with Gasteiger partial charge in [-0.05, 0) is 55.4 Å². The molecule has 0 atom stereocenters. The fourth-order valence-electron chi connectivity index (χ4n) is 5.71. The van der Waals surface area contributed by atoms with E-state index < -0.39 is 0 Å². The zero-order valence-electron chi connectivity index (χ0n) is 21.8. The fraction of sp³-hybridized carbons (Fsp3) is 0. The van der Waals surface area contributed by atoms with Crippen LogP contribution in [-0.4, -0.2) is 0 Å². The van der Waals surface area contributed by atoms with Crippen LogP contribution in [0.2, 0.25) is 0 Å². The van der Waals surface area contributed by atoms with Crippen molar-refractivity contribution in [3.63, 3.8) is 0 Å². The van der Waals surface area contributed by atoms with E-state index in [2.05, 4.69) is 105 Å².